The second-order valence-corrected chi connectivity index (χ2v) is 7.59. The van der Waals surface area contributed by atoms with Crippen molar-refractivity contribution in [3.63, 3.8) is 0 Å². The van der Waals surface area contributed by atoms with E-state index in [0.29, 0.717) is 17.5 Å². The van der Waals surface area contributed by atoms with Crippen LogP contribution in [0.25, 0.3) is 0 Å². The number of hydrogen-bond acceptors (Lipinski definition) is 4. The first-order valence-electron chi connectivity index (χ1n) is 9.06. The Labute approximate surface area is 158 Å². The van der Waals surface area contributed by atoms with Crippen molar-refractivity contribution in [1.82, 2.24) is 5.32 Å². The van der Waals surface area contributed by atoms with E-state index < -0.39 is 0 Å². The molecule has 1 saturated heterocycles. The number of hydrogen-bond donors (Lipinski definition) is 2. The summed E-state index contributed by atoms with van der Waals surface area (Å²) in [5.74, 6) is 0.144. The van der Waals surface area contributed by atoms with Gasteiger partial charge in [0.15, 0.2) is 0 Å². The molecule has 0 aromatic heterocycles. The SMILES string of the molecule is COC(=O)c1ccc([C@@H]2Nc3ccc(Cl)cc3[C@@H]3NCCC[C@H]23)c(C)c1. The lowest BCUT2D eigenvalue weighted by Gasteiger charge is -2.44. The van der Waals surface area contributed by atoms with E-state index in [4.69, 9.17) is 16.3 Å². The lowest BCUT2D eigenvalue weighted by atomic mass is 9.74. The second-order valence-electron chi connectivity index (χ2n) is 7.15. The minimum atomic E-state index is -0.298. The maximum atomic E-state index is 11.8. The van der Waals surface area contributed by atoms with Crippen LogP contribution in [-0.4, -0.2) is 19.6 Å². The molecule has 2 N–H and O–H groups in total. The van der Waals surface area contributed by atoms with Crippen LogP contribution in [0.15, 0.2) is 36.4 Å². The number of piperidine rings is 1. The number of carbonyl (C=O) groups excluding carboxylic acids is 1. The topological polar surface area (TPSA) is 50.4 Å². The highest BCUT2D eigenvalue weighted by molar-refractivity contribution is 6.30. The van der Waals surface area contributed by atoms with Gasteiger partial charge in [-0.25, -0.2) is 4.79 Å². The number of methoxy groups -OCH3 is 1. The zero-order valence-electron chi connectivity index (χ0n) is 15.0. The minimum Gasteiger partial charge on any atom is -0.465 e. The summed E-state index contributed by atoms with van der Waals surface area (Å²) >= 11 is 6.25. The first-order chi connectivity index (χ1) is 12.6. The number of carbonyl (C=O) groups is 1. The van der Waals surface area contributed by atoms with Crippen molar-refractivity contribution >= 4 is 23.3 Å². The Morgan fingerprint density at radius 3 is 2.77 bits per heavy atom. The van der Waals surface area contributed by atoms with Crippen LogP contribution in [0.4, 0.5) is 5.69 Å². The van der Waals surface area contributed by atoms with Gasteiger partial charge in [0.05, 0.1) is 18.7 Å². The smallest absolute Gasteiger partial charge is 0.337 e. The summed E-state index contributed by atoms with van der Waals surface area (Å²) in [6, 6.07) is 12.4. The van der Waals surface area contributed by atoms with Gasteiger partial charge in [0.25, 0.3) is 0 Å². The fraction of sp³-hybridized carbons (Fsp3) is 0.381. The Morgan fingerprint density at radius 1 is 1.15 bits per heavy atom. The van der Waals surface area contributed by atoms with Gasteiger partial charge in [0.2, 0.25) is 0 Å². The summed E-state index contributed by atoms with van der Waals surface area (Å²) in [5.41, 5.74) is 5.31. The van der Waals surface area contributed by atoms with Crippen LogP contribution in [0.3, 0.4) is 0 Å². The van der Waals surface area contributed by atoms with E-state index in [2.05, 4.69) is 35.8 Å². The molecule has 2 aromatic carbocycles. The minimum absolute atomic E-state index is 0.202. The van der Waals surface area contributed by atoms with Gasteiger partial charge in [-0.2, -0.15) is 0 Å². The monoisotopic (exact) mass is 370 g/mol. The molecule has 3 atom stereocenters. The molecule has 0 amide bonds. The number of ether oxygens (including phenoxy) is 1. The van der Waals surface area contributed by atoms with Crippen molar-refractivity contribution in [3.05, 3.63) is 63.7 Å². The van der Waals surface area contributed by atoms with Crippen LogP contribution < -0.4 is 10.6 Å². The van der Waals surface area contributed by atoms with Crippen LogP contribution in [0.5, 0.6) is 0 Å². The average Bonchev–Trinajstić information content (AvgIpc) is 2.67. The van der Waals surface area contributed by atoms with Crippen LogP contribution in [0.1, 0.15) is 52.0 Å². The van der Waals surface area contributed by atoms with E-state index in [1.807, 2.05) is 18.2 Å². The molecule has 0 radical (unpaired) electrons. The summed E-state index contributed by atoms with van der Waals surface area (Å²) in [4.78, 5) is 11.8. The molecular weight excluding hydrogens is 348 g/mol. The zero-order chi connectivity index (χ0) is 18.3. The van der Waals surface area contributed by atoms with Crippen LogP contribution in [0, 0.1) is 12.8 Å². The van der Waals surface area contributed by atoms with Gasteiger partial charge < -0.3 is 15.4 Å². The van der Waals surface area contributed by atoms with Crippen molar-refractivity contribution in [3.8, 4) is 0 Å². The summed E-state index contributed by atoms with van der Waals surface area (Å²) < 4.78 is 4.84. The van der Waals surface area contributed by atoms with Gasteiger partial charge >= 0.3 is 5.97 Å². The molecule has 0 spiro atoms. The van der Waals surface area contributed by atoms with E-state index in [1.165, 1.54) is 18.2 Å². The van der Waals surface area contributed by atoms with Crippen molar-refractivity contribution in [2.45, 2.75) is 31.8 Å². The highest BCUT2D eigenvalue weighted by Crippen LogP contribution is 2.47. The molecule has 4 nitrogen and oxygen atoms in total. The predicted molar refractivity (Wildman–Crippen MR) is 104 cm³/mol. The van der Waals surface area contributed by atoms with Crippen LogP contribution in [-0.2, 0) is 4.74 Å². The summed E-state index contributed by atoms with van der Waals surface area (Å²) in [6.45, 7) is 3.09. The van der Waals surface area contributed by atoms with E-state index >= 15 is 0 Å². The molecule has 0 bridgehead atoms. The molecule has 4 rings (SSSR count). The fourth-order valence-electron chi connectivity index (χ4n) is 4.39. The van der Waals surface area contributed by atoms with Gasteiger partial charge in [0.1, 0.15) is 0 Å². The molecule has 2 aliphatic heterocycles. The number of anilines is 1. The lowest BCUT2D eigenvalue weighted by Crippen LogP contribution is -2.42. The molecule has 0 aliphatic carbocycles. The normalized spacial score (nSPS) is 24.2. The van der Waals surface area contributed by atoms with E-state index in [-0.39, 0.29) is 12.0 Å². The first kappa shape index (κ1) is 17.4. The fourth-order valence-corrected chi connectivity index (χ4v) is 4.57. The molecule has 136 valence electrons. The van der Waals surface area contributed by atoms with Crippen LogP contribution in [0.2, 0.25) is 5.02 Å². The zero-order valence-corrected chi connectivity index (χ0v) is 15.8. The number of nitrogens with one attached hydrogen (secondary N) is 2. The Bertz CT molecular complexity index is 852. The third-order valence-electron chi connectivity index (χ3n) is 5.62. The third-order valence-corrected chi connectivity index (χ3v) is 5.86. The Balaban J connectivity index is 1.74. The number of rotatable bonds is 2. The van der Waals surface area contributed by atoms with Gasteiger partial charge in [-0.15, -0.1) is 0 Å². The van der Waals surface area contributed by atoms with Crippen molar-refractivity contribution in [2.75, 3.05) is 19.0 Å². The highest BCUT2D eigenvalue weighted by atomic mass is 35.5. The molecule has 2 heterocycles. The van der Waals surface area contributed by atoms with E-state index in [0.717, 1.165) is 35.7 Å². The largest absolute Gasteiger partial charge is 0.465 e. The number of esters is 1. The number of benzene rings is 2. The molecule has 2 aliphatic rings. The van der Waals surface area contributed by atoms with E-state index in [9.17, 15) is 4.79 Å². The van der Waals surface area contributed by atoms with Crippen LogP contribution >= 0.6 is 11.6 Å². The van der Waals surface area contributed by atoms with Gasteiger partial charge in [-0.1, -0.05) is 17.7 Å². The summed E-state index contributed by atoms with van der Waals surface area (Å²) in [6.07, 6.45) is 2.31. The molecular formula is C21H23ClN2O2. The molecule has 0 saturated carbocycles. The lowest BCUT2D eigenvalue weighted by molar-refractivity contribution is 0.0600. The summed E-state index contributed by atoms with van der Waals surface area (Å²) in [5, 5.41) is 8.19. The van der Waals surface area contributed by atoms with Crippen molar-refractivity contribution in [2.24, 2.45) is 5.92 Å². The van der Waals surface area contributed by atoms with Gasteiger partial charge in [-0.05, 0) is 73.3 Å². The molecule has 2 aromatic rings. The third kappa shape index (κ3) is 2.97. The highest BCUT2D eigenvalue weighted by Gasteiger charge is 2.39. The maximum Gasteiger partial charge on any atom is 0.337 e. The number of halogens is 1. The standard InChI is InChI=1S/C21H23ClN2O2/c1-12-10-13(21(25)26-2)5-7-15(12)20-16-4-3-9-23-19(16)17-11-14(22)6-8-18(17)24-20/h5-8,10-11,16,19-20,23-24H,3-4,9H2,1-2H3/t16-,19+,20-/m0/s1. The second kappa shape index (κ2) is 6.93. The molecule has 26 heavy (non-hydrogen) atoms. The molecule has 1 fully saturated rings. The van der Waals surface area contributed by atoms with Gasteiger partial charge in [-0.3, -0.25) is 0 Å². The average molecular weight is 371 g/mol. The molecule has 0 unspecified atom stereocenters. The Kier molecular flexibility index (Phi) is 4.63. The van der Waals surface area contributed by atoms with Gasteiger partial charge in [0, 0.05) is 22.7 Å². The Morgan fingerprint density at radius 2 is 2.00 bits per heavy atom. The van der Waals surface area contributed by atoms with Crippen molar-refractivity contribution < 1.29 is 9.53 Å². The number of aryl methyl sites for hydroxylation is 1. The van der Waals surface area contributed by atoms with E-state index in [1.54, 1.807) is 0 Å². The van der Waals surface area contributed by atoms with Crippen molar-refractivity contribution in [1.29, 1.82) is 0 Å². The summed E-state index contributed by atoms with van der Waals surface area (Å²) in [7, 11) is 1.41. The predicted octanol–water partition coefficient (Wildman–Crippen LogP) is 4.64. The maximum absolute atomic E-state index is 11.8. The Hall–Kier alpha value is -2.04. The number of fused-ring (bicyclic) bond motifs is 3. The quantitative estimate of drug-likeness (QED) is 0.756. The molecule has 5 heteroatoms. The first-order valence-corrected chi connectivity index (χ1v) is 9.44.